The minimum atomic E-state index is 0.682. The van der Waals surface area contributed by atoms with Crippen molar-refractivity contribution >= 4 is 0 Å². The third-order valence-electron chi connectivity index (χ3n) is 8.99. The molecule has 218 valence electrons. The fourth-order valence-corrected chi connectivity index (χ4v) is 6.40. The predicted molar refractivity (Wildman–Crippen MR) is 168 cm³/mol. The van der Waals surface area contributed by atoms with Gasteiger partial charge in [0.15, 0.2) is 0 Å². The molecule has 0 nitrogen and oxygen atoms in total. The standard InChI is InChI=1S/C36H74/c1-5-9-13-17-21-23-27-31-35-36(32-28-24-19-15-11-7-3,33-29-25-20-16-12-8-4)34-30-26-22-18-14-10-6-2/h5-35H2,1-4H3. The Balaban J connectivity index is 4.75. The number of hydrogen-bond donors (Lipinski definition) is 0. The van der Waals surface area contributed by atoms with Crippen molar-refractivity contribution in [3.05, 3.63) is 0 Å². The summed E-state index contributed by atoms with van der Waals surface area (Å²) in [5.74, 6) is 0. The minimum Gasteiger partial charge on any atom is -0.0654 e. The third kappa shape index (κ3) is 24.3. The highest BCUT2D eigenvalue weighted by atomic mass is 14.3. The molecule has 0 aliphatic carbocycles. The van der Waals surface area contributed by atoms with E-state index in [1.54, 1.807) is 25.7 Å². The largest absolute Gasteiger partial charge is 0.0654 e. The number of hydrogen-bond acceptors (Lipinski definition) is 0. The molecular formula is C36H74. The van der Waals surface area contributed by atoms with Crippen molar-refractivity contribution in [1.29, 1.82) is 0 Å². The van der Waals surface area contributed by atoms with Crippen LogP contribution in [0, 0.1) is 5.41 Å². The van der Waals surface area contributed by atoms with E-state index in [-0.39, 0.29) is 0 Å². The van der Waals surface area contributed by atoms with Crippen LogP contribution in [0.1, 0.15) is 227 Å². The van der Waals surface area contributed by atoms with E-state index in [1.807, 2.05) is 0 Å². The van der Waals surface area contributed by atoms with Crippen LogP contribution in [0.3, 0.4) is 0 Å². The van der Waals surface area contributed by atoms with Gasteiger partial charge in [-0.25, -0.2) is 0 Å². The van der Waals surface area contributed by atoms with Crippen molar-refractivity contribution in [3.8, 4) is 0 Å². The Morgan fingerprint density at radius 2 is 0.389 bits per heavy atom. The first kappa shape index (κ1) is 36.0. The maximum Gasteiger partial charge on any atom is -0.0297 e. The fourth-order valence-electron chi connectivity index (χ4n) is 6.40. The molecule has 0 fully saturated rings. The van der Waals surface area contributed by atoms with Crippen LogP contribution in [0.15, 0.2) is 0 Å². The van der Waals surface area contributed by atoms with Gasteiger partial charge in [-0.2, -0.15) is 0 Å². The molecule has 0 radical (unpaired) electrons. The van der Waals surface area contributed by atoms with Crippen molar-refractivity contribution in [1.82, 2.24) is 0 Å². The first-order valence-corrected chi connectivity index (χ1v) is 17.7. The van der Waals surface area contributed by atoms with Gasteiger partial charge in [0.25, 0.3) is 0 Å². The van der Waals surface area contributed by atoms with E-state index in [1.165, 1.54) is 173 Å². The molecule has 0 N–H and O–H groups in total. The highest BCUT2D eigenvalue weighted by molar-refractivity contribution is 4.80. The average Bonchev–Trinajstić information content (AvgIpc) is 2.89. The number of unbranched alkanes of at least 4 members (excludes halogenated alkanes) is 23. The summed E-state index contributed by atoms with van der Waals surface area (Å²) in [5.41, 5.74) is 0.682. The Hall–Kier alpha value is 0. The van der Waals surface area contributed by atoms with Gasteiger partial charge in [0.1, 0.15) is 0 Å². The third-order valence-corrected chi connectivity index (χ3v) is 8.99. The molecule has 0 saturated carbocycles. The smallest absolute Gasteiger partial charge is 0.0297 e. The Morgan fingerprint density at radius 3 is 0.583 bits per heavy atom. The maximum absolute atomic E-state index is 2.34. The summed E-state index contributed by atoms with van der Waals surface area (Å²) in [6, 6.07) is 0. The highest BCUT2D eigenvalue weighted by Gasteiger charge is 2.28. The Bertz CT molecular complexity index is 367. The lowest BCUT2D eigenvalue weighted by molar-refractivity contribution is 0.171. The second-order valence-corrected chi connectivity index (χ2v) is 12.6. The van der Waals surface area contributed by atoms with Gasteiger partial charge in [0.2, 0.25) is 0 Å². The Labute approximate surface area is 232 Å². The van der Waals surface area contributed by atoms with E-state index in [4.69, 9.17) is 0 Å². The monoisotopic (exact) mass is 507 g/mol. The zero-order valence-corrected chi connectivity index (χ0v) is 26.4. The maximum atomic E-state index is 2.34. The topological polar surface area (TPSA) is 0 Å². The molecule has 0 aliphatic heterocycles. The van der Waals surface area contributed by atoms with Gasteiger partial charge < -0.3 is 0 Å². The molecule has 0 unspecified atom stereocenters. The van der Waals surface area contributed by atoms with Crippen LogP contribution in [-0.2, 0) is 0 Å². The van der Waals surface area contributed by atoms with Crippen LogP contribution in [0.25, 0.3) is 0 Å². The molecule has 0 heterocycles. The molecule has 0 heteroatoms. The molecule has 36 heavy (non-hydrogen) atoms. The van der Waals surface area contributed by atoms with E-state index in [9.17, 15) is 0 Å². The lowest BCUT2D eigenvalue weighted by atomic mass is 9.70. The Morgan fingerprint density at radius 1 is 0.222 bits per heavy atom. The Kier molecular flexibility index (Phi) is 29.6. The van der Waals surface area contributed by atoms with Gasteiger partial charge in [-0.1, -0.05) is 201 Å². The van der Waals surface area contributed by atoms with Crippen molar-refractivity contribution in [2.45, 2.75) is 227 Å². The van der Waals surface area contributed by atoms with E-state index < -0.39 is 0 Å². The normalized spacial score (nSPS) is 12.0. The first-order valence-electron chi connectivity index (χ1n) is 17.7. The lowest BCUT2D eigenvalue weighted by Gasteiger charge is -2.35. The van der Waals surface area contributed by atoms with Crippen molar-refractivity contribution in [3.63, 3.8) is 0 Å². The quantitative estimate of drug-likeness (QED) is 0.0820. The van der Waals surface area contributed by atoms with E-state index >= 15 is 0 Å². The summed E-state index contributed by atoms with van der Waals surface area (Å²) in [5, 5.41) is 0. The van der Waals surface area contributed by atoms with Gasteiger partial charge in [0, 0.05) is 0 Å². The minimum absolute atomic E-state index is 0.682. The summed E-state index contributed by atoms with van der Waals surface area (Å²) in [4.78, 5) is 0. The molecule has 0 aromatic carbocycles. The highest BCUT2D eigenvalue weighted by Crippen LogP contribution is 2.42. The molecule has 0 aromatic heterocycles. The van der Waals surface area contributed by atoms with Crippen molar-refractivity contribution in [2.75, 3.05) is 0 Å². The second kappa shape index (κ2) is 29.6. The summed E-state index contributed by atoms with van der Waals surface area (Å²) < 4.78 is 0. The molecule has 0 aliphatic rings. The van der Waals surface area contributed by atoms with E-state index in [0.29, 0.717) is 5.41 Å². The van der Waals surface area contributed by atoms with Gasteiger partial charge >= 0.3 is 0 Å². The molecule has 0 rings (SSSR count). The van der Waals surface area contributed by atoms with Gasteiger partial charge in [-0.15, -0.1) is 0 Å². The molecule has 0 bridgehead atoms. The summed E-state index contributed by atoms with van der Waals surface area (Å²) in [7, 11) is 0. The second-order valence-electron chi connectivity index (χ2n) is 12.6. The molecule has 0 saturated heterocycles. The van der Waals surface area contributed by atoms with E-state index in [2.05, 4.69) is 27.7 Å². The first-order chi connectivity index (χ1) is 17.7. The van der Waals surface area contributed by atoms with Gasteiger partial charge in [0.05, 0.1) is 0 Å². The number of rotatable bonds is 31. The average molecular weight is 507 g/mol. The summed E-state index contributed by atoms with van der Waals surface area (Å²) in [6.07, 6.45) is 45.7. The molecule has 0 aromatic rings. The van der Waals surface area contributed by atoms with Gasteiger partial charge in [-0.3, -0.25) is 0 Å². The van der Waals surface area contributed by atoms with Gasteiger partial charge in [-0.05, 0) is 31.1 Å². The molecular weight excluding hydrogens is 432 g/mol. The zero-order valence-electron chi connectivity index (χ0n) is 26.4. The van der Waals surface area contributed by atoms with Crippen LogP contribution in [-0.4, -0.2) is 0 Å². The molecule has 0 spiro atoms. The molecule has 0 amide bonds. The van der Waals surface area contributed by atoms with Crippen LogP contribution < -0.4 is 0 Å². The van der Waals surface area contributed by atoms with Crippen molar-refractivity contribution in [2.24, 2.45) is 5.41 Å². The zero-order chi connectivity index (χ0) is 26.4. The summed E-state index contributed by atoms with van der Waals surface area (Å²) in [6.45, 7) is 9.36. The van der Waals surface area contributed by atoms with Crippen LogP contribution >= 0.6 is 0 Å². The lowest BCUT2D eigenvalue weighted by Crippen LogP contribution is -2.21. The van der Waals surface area contributed by atoms with Crippen LogP contribution in [0.4, 0.5) is 0 Å². The molecule has 0 atom stereocenters. The van der Waals surface area contributed by atoms with E-state index in [0.717, 1.165) is 0 Å². The fraction of sp³-hybridized carbons (Fsp3) is 1.00. The predicted octanol–water partition coefficient (Wildman–Crippen LogP) is 14.1. The summed E-state index contributed by atoms with van der Waals surface area (Å²) >= 11 is 0. The van der Waals surface area contributed by atoms with Crippen LogP contribution in [0.2, 0.25) is 0 Å². The van der Waals surface area contributed by atoms with Crippen LogP contribution in [0.5, 0.6) is 0 Å². The van der Waals surface area contributed by atoms with Crippen molar-refractivity contribution < 1.29 is 0 Å². The SMILES string of the molecule is CCCCCCCCCCC(CCCCCCCC)(CCCCCCCC)CCCCCCCCC.